The van der Waals surface area contributed by atoms with Gasteiger partial charge >= 0.3 is 0 Å². The van der Waals surface area contributed by atoms with E-state index in [2.05, 4.69) is 12.2 Å². The molecule has 0 radical (unpaired) electrons. The molecule has 1 atom stereocenters. The molecule has 0 aliphatic carbocycles. The van der Waals surface area contributed by atoms with Gasteiger partial charge in [-0.3, -0.25) is 4.79 Å². The van der Waals surface area contributed by atoms with Crippen molar-refractivity contribution >= 4 is 11.6 Å². The van der Waals surface area contributed by atoms with Gasteiger partial charge in [-0.1, -0.05) is 38.0 Å². The average Bonchev–Trinajstić information content (AvgIpc) is 2.41. The van der Waals surface area contributed by atoms with Gasteiger partial charge in [0.15, 0.2) is 0 Å². The van der Waals surface area contributed by atoms with Crippen molar-refractivity contribution in [3.8, 4) is 0 Å². The molecule has 0 aliphatic rings. The third-order valence-corrected chi connectivity index (χ3v) is 3.80. The lowest BCUT2D eigenvalue weighted by atomic mass is 9.94. The van der Waals surface area contributed by atoms with Crippen LogP contribution in [-0.2, 0) is 4.79 Å². The van der Waals surface area contributed by atoms with Gasteiger partial charge in [-0.25, -0.2) is 0 Å². The van der Waals surface area contributed by atoms with Crippen LogP contribution in [0.5, 0.6) is 0 Å². The Kier molecular flexibility index (Phi) is 7.31. The minimum absolute atomic E-state index is 0.112. The highest BCUT2D eigenvalue weighted by Crippen LogP contribution is 2.21. The first-order chi connectivity index (χ1) is 9.58. The Morgan fingerprint density at radius 1 is 1.20 bits per heavy atom. The van der Waals surface area contributed by atoms with E-state index >= 15 is 0 Å². The number of nitrogens with two attached hydrogens (primary N) is 1. The molecule has 0 fully saturated rings. The molecule has 20 heavy (non-hydrogen) atoms. The number of anilines is 1. The van der Waals surface area contributed by atoms with Crippen LogP contribution in [0, 0.1) is 19.8 Å². The van der Waals surface area contributed by atoms with Gasteiger partial charge in [-0.05, 0) is 50.3 Å². The Balaban J connectivity index is 2.51. The van der Waals surface area contributed by atoms with Gasteiger partial charge < -0.3 is 11.1 Å². The number of hydrogen-bond donors (Lipinski definition) is 2. The highest BCUT2D eigenvalue weighted by molar-refractivity contribution is 5.92. The lowest BCUT2D eigenvalue weighted by Crippen LogP contribution is -2.16. The molecule has 3 N–H and O–H groups in total. The van der Waals surface area contributed by atoms with Crippen LogP contribution in [-0.4, -0.2) is 12.5 Å². The van der Waals surface area contributed by atoms with Crippen molar-refractivity contribution in [3.63, 3.8) is 0 Å². The molecule has 112 valence electrons. The minimum Gasteiger partial charge on any atom is -0.330 e. The molecule has 3 heteroatoms. The normalized spacial score (nSPS) is 12.2. The van der Waals surface area contributed by atoms with Crippen molar-refractivity contribution in [1.82, 2.24) is 0 Å². The lowest BCUT2D eigenvalue weighted by molar-refractivity contribution is -0.116. The smallest absolute Gasteiger partial charge is 0.224 e. The molecule has 0 aromatic heterocycles. The van der Waals surface area contributed by atoms with E-state index in [1.807, 2.05) is 32.0 Å². The first kappa shape index (κ1) is 16.7. The summed E-state index contributed by atoms with van der Waals surface area (Å²) in [4.78, 5) is 12.1. The lowest BCUT2D eigenvalue weighted by Gasteiger charge is -2.16. The highest BCUT2D eigenvalue weighted by atomic mass is 16.1. The summed E-state index contributed by atoms with van der Waals surface area (Å²) in [6, 6.07) is 6.06. The first-order valence-electron chi connectivity index (χ1n) is 7.64. The van der Waals surface area contributed by atoms with Crippen molar-refractivity contribution in [1.29, 1.82) is 0 Å². The molecule has 0 saturated heterocycles. The number of nitrogens with one attached hydrogen (secondary N) is 1. The molecule has 0 aliphatic heterocycles. The molecule has 1 unspecified atom stereocenters. The summed E-state index contributed by atoms with van der Waals surface area (Å²) in [6.07, 6.45) is 4.85. The Morgan fingerprint density at radius 2 is 1.85 bits per heavy atom. The molecule has 0 saturated carbocycles. The Bertz CT molecular complexity index is 403. The van der Waals surface area contributed by atoms with Crippen molar-refractivity contribution in [2.75, 3.05) is 11.9 Å². The van der Waals surface area contributed by atoms with E-state index in [9.17, 15) is 4.79 Å². The molecule has 0 heterocycles. The second kappa shape index (κ2) is 8.75. The Morgan fingerprint density at radius 3 is 2.40 bits per heavy atom. The SMILES string of the molecule is CCCC(CCN)CCC(=O)Nc1c(C)cccc1C. The van der Waals surface area contributed by atoms with Gasteiger partial charge in [-0.15, -0.1) is 0 Å². The van der Waals surface area contributed by atoms with Crippen LogP contribution in [0.3, 0.4) is 0 Å². The van der Waals surface area contributed by atoms with Gasteiger partial charge in [0.25, 0.3) is 0 Å². The van der Waals surface area contributed by atoms with Crippen LogP contribution in [0.1, 0.15) is 50.2 Å². The molecule has 0 bridgehead atoms. The van der Waals surface area contributed by atoms with E-state index < -0.39 is 0 Å². The second-order valence-corrected chi connectivity index (χ2v) is 5.59. The van der Waals surface area contributed by atoms with E-state index in [1.54, 1.807) is 0 Å². The van der Waals surface area contributed by atoms with Crippen LogP contribution >= 0.6 is 0 Å². The zero-order valence-corrected chi connectivity index (χ0v) is 13.0. The topological polar surface area (TPSA) is 55.1 Å². The number of aryl methyl sites for hydroxylation is 2. The summed E-state index contributed by atoms with van der Waals surface area (Å²) in [5.74, 6) is 0.689. The van der Waals surface area contributed by atoms with Crippen molar-refractivity contribution in [2.45, 2.75) is 52.9 Å². The van der Waals surface area contributed by atoms with Gasteiger partial charge in [0.1, 0.15) is 0 Å². The van der Waals surface area contributed by atoms with E-state index in [0.717, 1.165) is 42.5 Å². The molecular weight excluding hydrogens is 248 g/mol. The number of amides is 1. The summed E-state index contributed by atoms with van der Waals surface area (Å²) in [5.41, 5.74) is 8.82. The average molecular weight is 276 g/mol. The van der Waals surface area contributed by atoms with Crippen molar-refractivity contribution < 1.29 is 4.79 Å². The summed E-state index contributed by atoms with van der Waals surface area (Å²) in [5, 5.41) is 3.05. The van der Waals surface area contributed by atoms with Crippen molar-refractivity contribution in [3.05, 3.63) is 29.3 Å². The molecule has 1 aromatic carbocycles. The fourth-order valence-corrected chi connectivity index (χ4v) is 2.63. The maximum Gasteiger partial charge on any atom is 0.224 e. The van der Waals surface area contributed by atoms with Crippen LogP contribution in [0.2, 0.25) is 0 Å². The van der Waals surface area contributed by atoms with E-state index in [1.165, 1.54) is 0 Å². The first-order valence-corrected chi connectivity index (χ1v) is 7.64. The number of hydrogen-bond acceptors (Lipinski definition) is 2. The van der Waals surface area contributed by atoms with Crippen LogP contribution < -0.4 is 11.1 Å². The fourth-order valence-electron chi connectivity index (χ4n) is 2.63. The van der Waals surface area contributed by atoms with E-state index in [-0.39, 0.29) is 5.91 Å². The number of rotatable bonds is 8. The molecule has 1 rings (SSSR count). The summed E-state index contributed by atoms with van der Waals surface area (Å²) in [7, 11) is 0. The number of carbonyl (C=O) groups excluding carboxylic acids is 1. The zero-order chi connectivity index (χ0) is 15.0. The second-order valence-electron chi connectivity index (χ2n) is 5.59. The quantitative estimate of drug-likeness (QED) is 0.759. The van der Waals surface area contributed by atoms with E-state index in [0.29, 0.717) is 18.9 Å². The minimum atomic E-state index is 0.112. The third-order valence-electron chi connectivity index (χ3n) is 3.80. The standard InChI is InChI=1S/C17H28N2O/c1-4-6-15(11-12-18)9-10-16(20)19-17-13(2)7-5-8-14(17)3/h5,7-8,15H,4,6,9-12,18H2,1-3H3,(H,19,20). The predicted octanol–water partition coefficient (Wildman–Crippen LogP) is 3.79. The summed E-state index contributed by atoms with van der Waals surface area (Å²) >= 11 is 0. The summed E-state index contributed by atoms with van der Waals surface area (Å²) in [6.45, 7) is 6.94. The van der Waals surface area contributed by atoms with Crippen molar-refractivity contribution in [2.24, 2.45) is 11.7 Å². The molecule has 1 amide bonds. The number of benzene rings is 1. The fraction of sp³-hybridized carbons (Fsp3) is 0.588. The number of carbonyl (C=O) groups is 1. The maximum atomic E-state index is 12.1. The zero-order valence-electron chi connectivity index (χ0n) is 13.0. The summed E-state index contributed by atoms with van der Waals surface area (Å²) < 4.78 is 0. The largest absolute Gasteiger partial charge is 0.330 e. The maximum absolute atomic E-state index is 12.1. The van der Waals surface area contributed by atoms with Crippen LogP contribution in [0.4, 0.5) is 5.69 Å². The molecule has 1 aromatic rings. The predicted molar refractivity (Wildman–Crippen MR) is 85.8 cm³/mol. The van der Waals surface area contributed by atoms with Gasteiger partial charge in [0, 0.05) is 12.1 Å². The number of para-hydroxylation sites is 1. The van der Waals surface area contributed by atoms with Crippen LogP contribution in [0.15, 0.2) is 18.2 Å². The van der Waals surface area contributed by atoms with Gasteiger partial charge in [0.05, 0.1) is 0 Å². The molecule has 0 spiro atoms. The third kappa shape index (κ3) is 5.33. The monoisotopic (exact) mass is 276 g/mol. The van der Waals surface area contributed by atoms with Gasteiger partial charge in [0.2, 0.25) is 5.91 Å². The molecule has 3 nitrogen and oxygen atoms in total. The Hall–Kier alpha value is -1.35. The molecular formula is C17H28N2O. The highest BCUT2D eigenvalue weighted by Gasteiger charge is 2.11. The Labute approximate surface area is 122 Å². The van der Waals surface area contributed by atoms with Gasteiger partial charge in [-0.2, -0.15) is 0 Å². The van der Waals surface area contributed by atoms with Crippen LogP contribution in [0.25, 0.3) is 0 Å². The van der Waals surface area contributed by atoms with E-state index in [4.69, 9.17) is 5.73 Å².